The van der Waals surface area contributed by atoms with Crippen LogP contribution in [0.1, 0.15) is 26.7 Å². The molecule has 1 saturated heterocycles. The molecule has 1 aliphatic heterocycles. The normalized spacial score (nSPS) is 28.0. The van der Waals surface area contributed by atoms with Gasteiger partial charge in [0.2, 0.25) is 0 Å². The Morgan fingerprint density at radius 1 is 1.55 bits per heavy atom. The Bertz CT molecular complexity index is 149. The van der Waals surface area contributed by atoms with Crippen molar-refractivity contribution in [1.82, 2.24) is 4.90 Å². The van der Waals surface area contributed by atoms with Gasteiger partial charge in [0.05, 0.1) is 0 Å². The van der Waals surface area contributed by atoms with E-state index in [1.807, 2.05) is 0 Å². The highest BCUT2D eigenvalue weighted by molar-refractivity contribution is 5.02. The Morgan fingerprint density at radius 2 is 2.18 bits per heavy atom. The molecule has 0 amide bonds. The van der Waals surface area contributed by atoms with Crippen molar-refractivity contribution in [2.75, 3.05) is 13.6 Å². The Kier molecular flexibility index (Phi) is 2.72. The van der Waals surface area contributed by atoms with Crippen molar-refractivity contribution < 1.29 is 0 Å². The summed E-state index contributed by atoms with van der Waals surface area (Å²) in [7, 11) is 2.20. The second-order valence-corrected chi connectivity index (χ2v) is 4.02. The lowest BCUT2D eigenvalue weighted by atomic mass is 9.92. The second kappa shape index (κ2) is 3.40. The van der Waals surface area contributed by atoms with Gasteiger partial charge in [-0.25, -0.2) is 0 Å². The van der Waals surface area contributed by atoms with Crippen LogP contribution in [0.2, 0.25) is 0 Å². The first-order chi connectivity index (χ1) is 5.11. The predicted octanol–water partition coefficient (Wildman–Crippen LogP) is 2.29. The molecule has 0 aromatic rings. The Balaban J connectivity index is 2.50. The number of piperidine rings is 1. The van der Waals surface area contributed by atoms with E-state index in [0.29, 0.717) is 0 Å². The number of rotatable bonds is 1. The van der Waals surface area contributed by atoms with Gasteiger partial charge in [0.15, 0.2) is 0 Å². The van der Waals surface area contributed by atoms with Crippen LogP contribution in [0.15, 0.2) is 12.2 Å². The molecule has 1 nitrogen and oxygen atoms in total. The van der Waals surface area contributed by atoms with Gasteiger partial charge in [-0.15, -0.1) is 0 Å². The van der Waals surface area contributed by atoms with E-state index in [1.54, 1.807) is 0 Å². The molecule has 1 rings (SSSR count). The first-order valence-corrected chi connectivity index (χ1v) is 4.48. The Labute approximate surface area is 70.1 Å². The minimum atomic E-state index is 0.778. The molecule has 1 aliphatic rings. The van der Waals surface area contributed by atoms with Crippen LogP contribution < -0.4 is 0 Å². The average Bonchev–Trinajstić information content (AvgIpc) is 1.85. The monoisotopic (exact) mass is 153 g/mol. The predicted molar refractivity (Wildman–Crippen MR) is 49.6 cm³/mol. The van der Waals surface area contributed by atoms with Crippen LogP contribution in [0.3, 0.4) is 0 Å². The van der Waals surface area contributed by atoms with E-state index in [0.717, 1.165) is 18.5 Å². The summed E-state index contributed by atoms with van der Waals surface area (Å²) >= 11 is 0. The van der Waals surface area contributed by atoms with Gasteiger partial charge in [0, 0.05) is 12.6 Å². The van der Waals surface area contributed by atoms with E-state index in [2.05, 4.69) is 32.4 Å². The quantitative estimate of drug-likeness (QED) is 0.522. The molecule has 0 aliphatic carbocycles. The molecule has 0 aromatic carbocycles. The third-order valence-electron chi connectivity index (χ3n) is 2.60. The van der Waals surface area contributed by atoms with Crippen molar-refractivity contribution in [1.29, 1.82) is 0 Å². The summed E-state index contributed by atoms with van der Waals surface area (Å²) in [6.45, 7) is 9.72. The average molecular weight is 153 g/mol. The Hall–Kier alpha value is -0.300. The molecular weight excluding hydrogens is 134 g/mol. The van der Waals surface area contributed by atoms with Gasteiger partial charge in [-0.3, -0.25) is 4.90 Å². The highest BCUT2D eigenvalue weighted by atomic mass is 15.1. The van der Waals surface area contributed by atoms with Gasteiger partial charge in [-0.2, -0.15) is 0 Å². The SMILES string of the molecule is C=C1CCC(C(C)C)N(C)C1. The van der Waals surface area contributed by atoms with E-state index >= 15 is 0 Å². The summed E-state index contributed by atoms with van der Waals surface area (Å²) in [6.07, 6.45) is 2.53. The summed E-state index contributed by atoms with van der Waals surface area (Å²) < 4.78 is 0. The van der Waals surface area contributed by atoms with Gasteiger partial charge in [0.1, 0.15) is 0 Å². The largest absolute Gasteiger partial charge is 0.299 e. The van der Waals surface area contributed by atoms with Gasteiger partial charge in [0.25, 0.3) is 0 Å². The van der Waals surface area contributed by atoms with E-state index < -0.39 is 0 Å². The molecule has 64 valence electrons. The van der Waals surface area contributed by atoms with Crippen molar-refractivity contribution in [3.05, 3.63) is 12.2 Å². The van der Waals surface area contributed by atoms with Crippen LogP contribution in [0.5, 0.6) is 0 Å². The molecule has 1 unspecified atom stereocenters. The molecule has 0 N–H and O–H groups in total. The lowest BCUT2D eigenvalue weighted by Gasteiger charge is -2.36. The minimum Gasteiger partial charge on any atom is -0.299 e. The smallest absolute Gasteiger partial charge is 0.0190 e. The highest BCUT2D eigenvalue weighted by Crippen LogP contribution is 2.23. The molecule has 11 heavy (non-hydrogen) atoms. The van der Waals surface area contributed by atoms with Gasteiger partial charge in [-0.05, 0) is 25.8 Å². The Morgan fingerprint density at radius 3 is 2.64 bits per heavy atom. The maximum absolute atomic E-state index is 4.02. The highest BCUT2D eigenvalue weighted by Gasteiger charge is 2.22. The van der Waals surface area contributed by atoms with Crippen LogP contribution >= 0.6 is 0 Å². The van der Waals surface area contributed by atoms with Crippen LogP contribution in [0.25, 0.3) is 0 Å². The minimum absolute atomic E-state index is 0.778. The van der Waals surface area contributed by atoms with E-state index in [4.69, 9.17) is 0 Å². The van der Waals surface area contributed by atoms with Crippen molar-refractivity contribution in [2.24, 2.45) is 5.92 Å². The van der Waals surface area contributed by atoms with E-state index in [-0.39, 0.29) is 0 Å². The molecular formula is C10H19N. The molecule has 0 saturated carbocycles. The summed E-state index contributed by atoms with van der Waals surface area (Å²) in [4.78, 5) is 2.43. The summed E-state index contributed by atoms with van der Waals surface area (Å²) in [5.74, 6) is 0.785. The molecule has 0 radical (unpaired) electrons. The summed E-state index contributed by atoms with van der Waals surface area (Å²) in [5, 5.41) is 0. The zero-order chi connectivity index (χ0) is 8.43. The first-order valence-electron chi connectivity index (χ1n) is 4.48. The fourth-order valence-electron chi connectivity index (χ4n) is 1.96. The van der Waals surface area contributed by atoms with E-state index in [1.165, 1.54) is 18.4 Å². The third kappa shape index (κ3) is 2.06. The van der Waals surface area contributed by atoms with Crippen molar-refractivity contribution >= 4 is 0 Å². The number of nitrogens with zero attached hydrogens (tertiary/aromatic N) is 1. The number of likely N-dealkylation sites (N-methyl/N-ethyl adjacent to an activating group) is 1. The van der Waals surface area contributed by atoms with Gasteiger partial charge >= 0.3 is 0 Å². The van der Waals surface area contributed by atoms with E-state index in [9.17, 15) is 0 Å². The standard InChI is InChI=1S/C10H19N/c1-8(2)10-6-5-9(3)7-11(10)4/h8,10H,3,5-7H2,1-2,4H3. The number of likely N-dealkylation sites (tertiary alicyclic amines) is 1. The fourth-order valence-corrected chi connectivity index (χ4v) is 1.96. The van der Waals surface area contributed by atoms with Crippen LogP contribution in [0.4, 0.5) is 0 Å². The second-order valence-electron chi connectivity index (χ2n) is 4.02. The molecule has 1 heterocycles. The molecule has 1 fully saturated rings. The summed E-state index contributed by atoms with van der Waals surface area (Å²) in [5.41, 5.74) is 1.39. The summed E-state index contributed by atoms with van der Waals surface area (Å²) in [6, 6.07) is 0.778. The maximum atomic E-state index is 4.02. The van der Waals surface area contributed by atoms with Crippen LogP contribution in [0, 0.1) is 5.92 Å². The molecule has 0 aromatic heterocycles. The lowest BCUT2D eigenvalue weighted by molar-refractivity contribution is 0.172. The van der Waals surface area contributed by atoms with Gasteiger partial charge in [-0.1, -0.05) is 26.0 Å². The maximum Gasteiger partial charge on any atom is 0.0190 e. The first kappa shape index (κ1) is 8.79. The lowest BCUT2D eigenvalue weighted by Crippen LogP contribution is -2.40. The zero-order valence-corrected chi connectivity index (χ0v) is 7.93. The van der Waals surface area contributed by atoms with Crippen LogP contribution in [-0.2, 0) is 0 Å². The number of hydrogen-bond donors (Lipinski definition) is 0. The number of hydrogen-bond acceptors (Lipinski definition) is 1. The van der Waals surface area contributed by atoms with Gasteiger partial charge < -0.3 is 0 Å². The van der Waals surface area contributed by atoms with Crippen LogP contribution in [-0.4, -0.2) is 24.5 Å². The third-order valence-corrected chi connectivity index (χ3v) is 2.60. The zero-order valence-electron chi connectivity index (χ0n) is 7.93. The van der Waals surface area contributed by atoms with Crippen molar-refractivity contribution in [3.63, 3.8) is 0 Å². The fraction of sp³-hybridized carbons (Fsp3) is 0.800. The van der Waals surface area contributed by atoms with Crippen molar-refractivity contribution in [2.45, 2.75) is 32.7 Å². The molecule has 0 spiro atoms. The van der Waals surface area contributed by atoms with Crippen molar-refractivity contribution in [3.8, 4) is 0 Å². The topological polar surface area (TPSA) is 3.24 Å². The molecule has 1 atom stereocenters. The molecule has 1 heteroatoms. The molecule has 0 bridgehead atoms.